The van der Waals surface area contributed by atoms with Gasteiger partial charge in [0.1, 0.15) is 23.4 Å². The second-order valence-corrected chi connectivity index (χ2v) is 7.89. The van der Waals surface area contributed by atoms with Crippen LogP contribution in [0.3, 0.4) is 0 Å². The second kappa shape index (κ2) is 9.81. The van der Waals surface area contributed by atoms with Gasteiger partial charge in [0.05, 0.1) is 7.11 Å². The normalized spacial score (nSPS) is 15.4. The van der Waals surface area contributed by atoms with E-state index >= 15 is 0 Å². The Bertz CT molecular complexity index is 1180. The largest absolute Gasteiger partial charge is 0.496 e. The van der Waals surface area contributed by atoms with Crippen molar-refractivity contribution in [3.63, 3.8) is 0 Å². The lowest BCUT2D eigenvalue weighted by molar-refractivity contribution is -0.125. The topological polar surface area (TPSA) is 58.6 Å². The number of halogens is 2. The molecule has 1 aliphatic heterocycles. The Hall–Kier alpha value is -3.74. The zero-order chi connectivity index (χ0) is 23.4. The highest BCUT2D eigenvalue weighted by atomic mass is 19.1. The second-order valence-electron chi connectivity index (χ2n) is 7.89. The molecular weight excluding hydrogens is 426 g/mol. The Kier molecular flexibility index (Phi) is 6.68. The highest BCUT2D eigenvalue weighted by Gasteiger charge is 2.34. The monoisotopic (exact) mass is 450 g/mol. The molecule has 170 valence electrons. The van der Waals surface area contributed by atoms with Crippen LogP contribution in [0.25, 0.3) is 11.1 Å². The Balaban J connectivity index is 1.49. The van der Waals surface area contributed by atoms with Gasteiger partial charge in [0, 0.05) is 35.8 Å². The van der Waals surface area contributed by atoms with E-state index in [1.807, 2.05) is 30.3 Å². The number of hydrogen-bond acceptors (Lipinski definition) is 3. The number of carbonyl (C=O) groups excluding carboxylic acids is 2. The molecule has 3 aromatic rings. The molecule has 1 heterocycles. The fourth-order valence-corrected chi connectivity index (χ4v) is 4.12. The number of benzene rings is 3. The van der Waals surface area contributed by atoms with E-state index in [9.17, 15) is 18.4 Å². The van der Waals surface area contributed by atoms with Gasteiger partial charge in [-0.1, -0.05) is 36.4 Å². The molecule has 0 saturated carbocycles. The van der Waals surface area contributed by atoms with Crippen LogP contribution in [0, 0.1) is 11.6 Å². The van der Waals surface area contributed by atoms with Crippen LogP contribution in [0.4, 0.5) is 8.78 Å². The van der Waals surface area contributed by atoms with Gasteiger partial charge in [-0.2, -0.15) is 0 Å². The average Bonchev–Trinajstić information content (AvgIpc) is 3.33. The smallest absolute Gasteiger partial charge is 0.254 e. The predicted molar refractivity (Wildman–Crippen MR) is 121 cm³/mol. The molecule has 1 saturated heterocycles. The molecule has 1 fully saturated rings. The van der Waals surface area contributed by atoms with Gasteiger partial charge in [-0.05, 0) is 42.7 Å². The van der Waals surface area contributed by atoms with Crippen molar-refractivity contribution in [2.24, 2.45) is 0 Å². The zero-order valence-electron chi connectivity index (χ0n) is 18.2. The molecule has 0 spiro atoms. The molecule has 4 rings (SSSR count). The van der Waals surface area contributed by atoms with E-state index in [0.717, 1.165) is 23.3 Å². The maximum atomic E-state index is 13.9. The number of ether oxygens (including phenoxy) is 1. The molecule has 2 amide bonds. The number of amides is 2. The number of likely N-dealkylation sites (tertiary alicyclic amines) is 1. The molecule has 1 aliphatic rings. The highest BCUT2D eigenvalue weighted by Crippen LogP contribution is 2.31. The summed E-state index contributed by atoms with van der Waals surface area (Å²) in [4.78, 5) is 27.6. The van der Waals surface area contributed by atoms with Crippen molar-refractivity contribution in [1.29, 1.82) is 0 Å². The van der Waals surface area contributed by atoms with E-state index in [4.69, 9.17) is 4.74 Å². The number of carbonyl (C=O) groups is 2. The SMILES string of the molecule is COc1ccccc1-c1cccc(C(=O)N2CCC[C@H]2C(=O)NCc2ccc(F)cc2F)c1. The lowest BCUT2D eigenvalue weighted by atomic mass is 10.0. The third kappa shape index (κ3) is 4.87. The van der Waals surface area contributed by atoms with E-state index in [2.05, 4.69) is 5.32 Å². The first-order valence-electron chi connectivity index (χ1n) is 10.7. The third-order valence-corrected chi connectivity index (χ3v) is 5.81. The number of nitrogens with one attached hydrogen (secondary N) is 1. The van der Waals surface area contributed by atoms with Gasteiger partial charge in [0.2, 0.25) is 5.91 Å². The summed E-state index contributed by atoms with van der Waals surface area (Å²) in [7, 11) is 1.60. The van der Waals surface area contributed by atoms with Crippen molar-refractivity contribution >= 4 is 11.8 Å². The minimum Gasteiger partial charge on any atom is -0.496 e. The molecular formula is C26H24F2N2O3. The average molecular weight is 450 g/mol. The van der Waals surface area contributed by atoms with Crippen molar-refractivity contribution in [2.45, 2.75) is 25.4 Å². The first kappa shape index (κ1) is 22.5. The molecule has 0 bridgehead atoms. The van der Waals surface area contributed by atoms with Gasteiger partial charge in [-0.15, -0.1) is 0 Å². The van der Waals surface area contributed by atoms with Crippen molar-refractivity contribution in [1.82, 2.24) is 10.2 Å². The molecule has 33 heavy (non-hydrogen) atoms. The lowest BCUT2D eigenvalue weighted by Crippen LogP contribution is -2.45. The first-order valence-corrected chi connectivity index (χ1v) is 10.7. The number of hydrogen-bond donors (Lipinski definition) is 1. The van der Waals surface area contributed by atoms with Gasteiger partial charge in [0.25, 0.3) is 5.91 Å². The molecule has 1 N–H and O–H groups in total. The third-order valence-electron chi connectivity index (χ3n) is 5.81. The summed E-state index contributed by atoms with van der Waals surface area (Å²) in [6.45, 7) is 0.382. The molecule has 5 nitrogen and oxygen atoms in total. The van der Waals surface area contributed by atoms with Crippen molar-refractivity contribution < 1.29 is 23.1 Å². The van der Waals surface area contributed by atoms with Crippen LogP contribution in [0.15, 0.2) is 66.7 Å². The minimum atomic E-state index is -0.720. The highest BCUT2D eigenvalue weighted by molar-refractivity contribution is 5.99. The summed E-state index contributed by atoms with van der Waals surface area (Å²) in [5.74, 6) is -1.29. The summed E-state index contributed by atoms with van der Waals surface area (Å²) in [6, 6.07) is 17.4. The van der Waals surface area contributed by atoms with Crippen LogP contribution in [0.2, 0.25) is 0 Å². The van der Waals surface area contributed by atoms with Crippen LogP contribution >= 0.6 is 0 Å². The molecule has 0 aliphatic carbocycles. The van der Waals surface area contributed by atoms with E-state index in [0.29, 0.717) is 30.7 Å². The van der Waals surface area contributed by atoms with Crippen molar-refractivity contribution in [2.75, 3.05) is 13.7 Å². The first-order chi connectivity index (χ1) is 16.0. The van der Waals surface area contributed by atoms with Gasteiger partial charge in [-0.3, -0.25) is 9.59 Å². The molecule has 0 aromatic heterocycles. The number of methoxy groups -OCH3 is 1. The van der Waals surface area contributed by atoms with Crippen LogP contribution in [0.1, 0.15) is 28.8 Å². The lowest BCUT2D eigenvalue weighted by Gasteiger charge is -2.24. The Morgan fingerprint density at radius 1 is 1.06 bits per heavy atom. The number of nitrogens with zero attached hydrogens (tertiary/aromatic N) is 1. The molecule has 3 aromatic carbocycles. The minimum absolute atomic E-state index is 0.0766. The Labute approximate surface area is 191 Å². The van der Waals surface area contributed by atoms with E-state index in [1.165, 1.54) is 6.07 Å². The summed E-state index contributed by atoms with van der Waals surface area (Å²) >= 11 is 0. The van der Waals surface area contributed by atoms with Crippen LogP contribution in [-0.2, 0) is 11.3 Å². The summed E-state index contributed by atoms with van der Waals surface area (Å²) in [6.07, 6.45) is 1.22. The fourth-order valence-electron chi connectivity index (χ4n) is 4.12. The van der Waals surface area contributed by atoms with Gasteiger partial charge in [0.15, 0.2) is 0 Å². The Morgan fingerprint density at radius 2 is 1.88 bits per heavy atom. The van der Waals surface area contributed by atoms with Gasteiger partial charge >= 0.3 is 0 Å². The number of para-hydroxylation sites is 1. The maximum Gasteiger partial charge on any atom is 0.254 e. The standard InChI is InChI=1S/C26H24F2N2O3/c1-33-24-10-3-2-8-21(24)17-6-4-7-18(14-17)26(32)30-13-5-9-23(30)25(31)29-16-19-11-12-20(27)15-22(19)28/h2-4,6-8,10-12,14-15,23H,5,9,13,16H2,1H3,(H,29,31)/t23-/m0/s1. The maximum absolute atomic E-state index is 13.9. The van der Waals surface area contributed by atoms with E-state index < -0.39 is 17.7 Å². The Morgan fingerprint density at radius 3 is 2.67 bits per heavy atom. The van der Waals surface area contributed by atoms with Crippen molar-refractivity contribution in [3.8, 4) is 16.9 Å². The van der Waals surface area contributed by atoms with Gasteiger partial charge in [-0.25, -0.2) is 8.78 Å². The fraction of sp³-hybridized carbons (Fsp3) is 0.231. The molecule has 0 unspecified atom stereocenters. The van der Waals surface area contributed by atoms with E-state index in [1.54, 1.807) is 30.2 Å². The van der Waals surface area contributed by atoms with Crippen LogP contribution in [0.5, 0.6) is 5.75 Å². The summed E-state index contributed by atoms with van der Waals surface area (Å²) in [5.41, 5.74) is 2.37. The predicted octanol–water partition coefficient (Wildman–Crippen LogP) is 4.56. The van der Waals surface area contributed by atoms with Gasteiger partial charge < -0.3 is 15.0 Å². The van der Waals surface area contributed by atoms with Crippen molar-refractivity contribution in [3.05, 3.63) is 89.5 Å². The molecule has 7 heteroatoms. The zero-order valence-corrected chi connectivity index (χ0v) is 18.2. The molecule has 1 atom stereocenters. The quantitative estimate of drug-likeness (QED) is 0.599. The van der Waals surface area contributed by atoms with E-state index in [-0.39, 0.29) is 23.9 Å². The van der Waals surface area contributed by atoms with Crippen LogP contribution < -0.4 is 10.1 Å². The molecule has 0 radical (unpaired) electrons. The summed E-state index contributed by atoms with van der Waals surface area (Å²) in [5, 5.41) is 2.68. The number of rotatable bonds is 6. The van der Waals surface area contributed by atoms with Crippen LogP contribution in [-0.4, -0.2) is 36.4 Å². The summed E-state index contributed by atoms with van der Waals surface area (Å²) < 4.78 is 32.4.